The number of halogens is 4. The van der Waals surface area contributed by atoms with Gasteiger partial charge in [0.05, 0.1) is 0 Å². The molecule has 0 aliphatic carbocycles. The van der Waals surface area contributed by atoms with E-state index < -0.39 is 24.7 Å². The van der Waals surface area contributed by atoms with Crippen molar-refractivity contribution in [3.63, 3.8) is 0 Å². The molecule has 0 fully saturated rings. The van der Waals surface area contributed by atoms with Gasteiger partial charge >= 0.3 is 6.18 Å². The van der Waals surface area contributed by atoms with Crippen molar-refractivity contribution in [2.75, 3.05) is 11.9 Å². The summed E-state index contributed by atoms with van der Waals surface area (Å²) in [5, 5.41) is 4.68. The Morgan fingerprint density at radius 2 is 2.00 bits per heavy atom. The number of benzene rings is 1. The van der Waals surface area contributed by atoms with Crippen LogP contribution in [-0.4, -0.2) is 24.7 Å². The third-order valence-corrected chi connectivity index (χ3v) is 2.74. The van der Waals surface area contributed by atoms with E-state index >= 15 is 0 Å². The number of alkyl halides is 3. The molecule has 1 aromatic carbocycles. The van der Waals surface area contributed by atoms with Gasteiger partial charge in [0, 0.05) is 10.2 Å². The Hall–Kier alpha value is -1.24. The van der Waals surface area contributed by atoms with Gasteiger partial charge in [0.2, 0.25) is 5.91 Å². The van der Waals surface area contributed by atoms with E-state index in [4.69, 9.17) is 0 Å². The monoisotopic (exact) mass is 338 g/mol. The molecule has 19 heavy (non-hydrogen) atoms. The van der Waals surface area contributed by atoms with Crippen LogP contribution in [0.3, 0.4) is 0 Å². The van der Waals surface area contributed by atoms with Gasteiger partial charge < -0.3 is 10.6 Å². The zero-order valence-corrected chi connectivity index (χ0v) is 12.0. The number of nitrogens with one attached hydrogen (secondary N) is 2. The fraction of sp³-hybridized carbons (Fsp3) is 0.417. The average Bonchev–Trinajstić information content (AvgIpc) is 2.23. The Kier molecular flexibility index (Phi) is 5.22. The summed E-state index contributed by atoms with van der Waals surface area (Å²) < 4.78 is 36.7. The lowest BCUT2D eigenvalue weighted by Gasteiger charge is -2.16. The molecule has 0 heterocycles. The van der Waals surface area contributed by atoms with E-state index in [0.717, 1.165) is 10.0 Å². The highest BCUT2D eigenvalue weighted by atomic mass is 79.9. The van der Waals surface area contributed by atoms with E-state index in [9.17, 15) is 18.0 Å². The van der Waals surface area contributed by atoms with E-state index in [1.165, 1.54) is 6.92 Å². The largest absolute Gasteiger partial charge is 0.405 e. The van der Waals surface area contributed by atoms with Crippen molar-refractivity contribution in [3.05, 3.63) is 28.2 Å². The Labute approximate surface area is 117 Å². The molecule has 0 radical (unpaired) electrons. The summed E-state index contributed by atoms with van der Waals surface area (Å²) in [4.78, 5) is 11.5. The van der Waals surface area contributed by atoms with Crippen LogP contribution in [0.15, 0.2) is 22.7 Å². The summed E-state index contributed by atoms with van der Waals surface area (Å²) in [7, 11) is 0. The molecule has 1 amide bonds. The van der Waals surface area contributed by atoms with Gasteiger partial charge in [-0.25, -0.2) is 0 Å². The van der Waals surface area contributed by atoms with Gasteiger partial charge in [-0.05, 0) is 37.6 Å². The maximum absolute atomic E-state index is 12.0. The minimum absolute atomic E-state index is 0.668. The normalized spacial score (nSPS) is 12.9. The van der Waals surface area contributed by atoms with Crippen LogP contribution in [0.1, 0.15) is 12.5 Å². The lowest BCUT2D eigenvalue weighted by atomic mass is 10.2. The average molecular weight is 339 g/mol. The molecule has 0 aromatic heterocycles. The van der Waals surface area contributed by atoms with E-state index in [0.29, 0.717) is 5.69 Å². The predicted octanol–water partition coefficient (Wildman–Crippen LogP) is 3.24. The summed E-state index contributed by atoms with van der Waals surface area (Å²) in [6.07, 6.45) is -4.40. The summed E-state index contributed by atoms with van der Waals surface area (Å²) in [5.74, 6) is -0.699. The van der Waals surface area contributed by atoms with Crippen LogP contribution in [0.4, 0.5) is 18.9 Å². The number of hydrogen-bond acceptors (Lipinski definition) is 2. The second-order valence-electron chi connectivity index (χ2n) is 4.22. The second kappa shape index (κ2) is 6.27. The maximum Gasteiger partial charge on any atom is 0.405 e. The number of carbonyl (C=O) groups excluding carboxylic acids is 1. The standard InChI is InChI=1S/C12H14BrF3N2O/c1-7-3-9(13)5-10(4-7)18-8(2)11(19)17-6-12(14,15)16/h3-5,8,18H,6H2,1-2H3,(H,17,19). The Bertz CT molecular complexity index is 443. The fourth-order valence-corrected chi connectivity index (χ4v) is 2.08. The molecule has 2 N–H and O–H groups in total. The first-order valence-corrected chi connectivity index (χ1v) is 6.35. The highest BCUT2D eigenvalue weighted by Crippen LogP contribution is 2.19. The molecule has 0 saturated heterocycles. The first-order valence-electron chi connectivity index (χ1n) is 5.55. The molecule has 7 heteroatoms. The molecule has 0 aliphatic heterocycles. The number of amides is 1. The second-order valence-corrected chi connectivity index (χ2v) is 5.13. The number of aryl methyl sites for hydroxylation is 1. The zero-order valence-electron chi connectivity index (χ0n) is 10.4. The maximum atomic E-state index is 12.0. The van der Waals surface area contributed by atoms with Crippen molar-refractivity contribution < 1.29 is 18.0 Å². The van der Waals surface area contributed by atoms with Gasteiger partial charge in [-0.15, -0.1) is 0 Å². The quantitative estimate of drug-likeness (QED) is 0.884. The van der Waals surface area contributed by atoms with Crippen LogP contribution in [0, 0.1) is 6.92 Å². The lowest BCUT2D eigenvalue weighted by Crippen LogP contribution is -2.42. The van der Waals surface area contributed by atoms with E-state index in [-0.39, 0.29) is 0 Å². The van der Waals surface area contributed by atoms with Crippen molar-refractivity contribution in [2.45, 2.75) is 26.1 Å². The Balaban J connectivity index is 2.58. The highest BCUT2D eigenvalue weighted by molar-refractivity contribution is 9.10. The van der Waals surface area contributed by atoms with Crippen molar-refractivity contribution in [1.82, 2.24) is 5.32 Å². The smallest absolute Gasteiger partial charge is 0.374 e. The molecule has 1 rings (SSSR count). The van der Waals surface area contributed by atoms with Crippen LogP contribution in [-0.2, 0) is 4.79 Å². The van der Waals surface area contributed by atoms with Crippen molar-refractivity contribution in [3.8, 4) is 0 Å². The number of rotatable bonds is 4. The highest BCUT2D eigenvalue weighted by Gasteiger charge is 2.28. The third kappa shape index (κ3) is 5.96. The summed E-state index contributed by atoms with van der Waals surface area (Å²) >= 11 is 3.31. The summed E-state index contributed by atoms with van der Waals surface area (Å²) in [6, 6.07) is 4.69. The molecule has 106 valence electrons. The van der Waals surface area contributed by atoms with Crippen LogP contribution in [0.5, 0.6) is 0 Å². The molecule has 3 nitrogen and oxygen atoms in total. The van der Waals surface area contributed by atoms with Crippen LogP contribution in [0.25, 0.3) is 0 Å². The molecule has 0 aliphatic rings. The van der Waals surface area contributed by atoms with Gasteiger partial charge in [0.25, 0.3) is 0 Å². The first-order chi connectivity index (χ1) is 8.67. The van der Waals surface area contributed by atoms with E-state index in [1.54, 1.807) is 12.1 Å². The fourth-order valence-electron chi connectivity index (χ4n) is 1.48. The van der Waals surface area contributed by atoms with E-state index in [2.05, 4.69) is 21.2 Å². The predicted molar refractivity (Wildman–Crippen MR) is 71.0 cm³/mol. The van der Waals surface area contributed by atoms with Gasteiger partial charge in [0.15, 0.2) is 0 Å². The van der Waals surface area contributed by atoms with Crippen LogP contribution >= 0.6 is 15.9 Å². The van der Waals surface area contributed by atoms with E-state index in [1.807, 2.05) is 18.3 Å². The summed E-state index contributed by atoms with van der Waals surface area (Å²) in [6.45, 7) is 2.06. The SMILES string of the molecule is Cc1cc(Br)cc(NC(C)C(=O)NCC(F)(F)F)c1. The molecule has 0 saturated carbocycles. The molecule has 1 unspecified atom stereocenters. The molecule has 1 aromatic rings. The topological polar surface area (TPSA) is 41.1 Å². The number of carbonyl (C=O) groups is 1. The first kappa shape index (κ1) is 15.8. The minimum Gasteiger partial charge on any atom is -0.374 e. The van der Waals surface area contributed by atoms with Gasteiger partial charge in [0.1, 0.15) is 12.6 Å². The van der Waals surface area contributed by atoms with Crippen LogP contribution < -0.4 is 10.6 Å². The Morgan fingerprint density at radius 3 is 2.53 bits per heavy atom. The van der Waals surface area contributed by atoms with Gasteiger partial charge in [-0.3, -0.25) is 4.79 Å². The molecular weight excluding hydrogens is 325 g/mol. The van der Waals surface area contributed by atoms with Gasteiger partial charge in [-0.1, -0.05) is 15.9 Å². The summed E-state index contributed by atoms with van der Waals surface area (Å²) in [5.41, 5.74) is 1.64. The van der Waals surface area contributed by atoms with Crippen molar-refractivity contribution >= 4 is 27.5 Å². The number of anilines is 1. The van der Waals surface area contributed by atoms with Crippen molar-refractivity contribution in [2.24, 2.45) is 0 Å². The molecular formula is C12H14BrF3N2O. The molecule has 1 atom stereocenters. The molecule has 0 bridgehead atoms. The molecule has 0 spiro atoms. The Morgan fingerprint density at radius 1 is 1.37 bits per heavy atom. The van der Waals surface area contributed by atoms with Gasteiger partial charge in [-0.2, -0.15) is 13.2 Å². The number of hydrogen-bond donors (Lipinski definition) is 2. The third-order valence-electron chi connectivity index (χ3n) is 2.28. The van der Waals surface area contributed by atoms with Crippen LogP contribution in [0.2, 0.25) is 0 Å². The van der Waals surface area contributed by atoms with Crippen molar-refractivity contribution in [1.29, 1.82) is 0 Å². The lowest BCUT2D eigenvalue weighted by molar-refractivity contribution is -0.138. The minimum atomic E-state index is -4.40. The zero-order chi connectivity index (χ0) is 14.6.